The highest BCUT2D eigenvalue weighted by atomic mass is 16.5. The molecule has 1 rings (SSSR count). The maximum absolute atomic E-state index is 11.9. The zero-order chi connectivity index (χ0) is 15.7. The van der Waals surface area contributed by atoms with Gasteiger partial charge in [0.1, 0.15) is 12.4 Å². The summed E-state index contributed by atoms with van der Waals surface area (Å²) in [6.45, 7) is 4.06. The molecule has 0 aliphatic heterocycles. The molecule has 0 aliphatic rings. The van der Waals surface area contributed by atoms with Gasteiger partial charge in [-0.2, -0.15) is 0 Å². The van der Waals surface area contributed by atoms with Crippen LogP contribution in [0.4, 0.5) is 5.69 Å². The lowest BCUT2D eigenvalue weighted by Crippen LogP contribution is -2.21. The summed E-state index contributed by atoms with van der Waals surface area (Å²) >= 11 is 0. The number of likely N-dealkylation sites (N-methyl/N-ethyl adjacent to an activating group) is 1. The van der Waals surface area contributed by atoms with Crippen molar-refractivity contribution in [3.05, 3.63) is 24.3 Å². The number of nitrogens with one attached hydrogen (secondary N) is 1. The summed E-state index contributed by atoms with van der Waals surface area (Å²) in [6.07, 6.45) is 1.37. The monoisotopic (exact) mass is 293 g/mol. The van der Waals surface area contributed by atoms with E-state index in [-0.39, 0.29) is 11.8 Å². The normalized spacial score (nSPS) is 12.2. The van der Waals surface area contributed by atoms with Gasteiger partial charge in [0, 0.05) is 24.7 Å². The SMILES string of the molecule is CCC(CN)CC(=O)Nc1cccc(OCCN(C)C)c1. The number of hydrogen-bond donors (Lipinski definition) is 2. The number of carbonyl (C=O) groups excluding carboxylic acids is 1. The van der Waals surface area contributed by atoms with Gasteiger partial charge in [0.15, 0.2) is 0 Å². The van der Waals surface area contributed by atoms with E-state index < -0.39 is 0 Å². The molecule has 118 valence electrons. The third-order valence-electron chi connectivity index (χ3n) is 3.31. The first-order chi connectivity index (χ1) is 10.0. The van der Waals surface area contributed by atoms with E-state index >= 15 is 0 Å². The van der Waals surface area contributed by atoms with E-state index in [9.17, 15) is 4.79 Å². The van der Waals surface area contributed by atoms with Gasteiger partial charge in [-0.15, -0.1) is 0 Å². The molecule has 0 aromatic heterocycles. The summed E-state index contributed by atoms with van der Waals surface area (Å²) in [6, 6.07) is 7.47. The van der Waals surface area contributed by atoms with Crippen LogP contribution in [-0.2, 0) is 4.79 Å². The second-order valence-corrected chi connectivity index (χ2v) is 5.44. The highest BCUT2D eigenvalue weighted by molar-refractivity contribution is 5.91. The van der Waals surface area contributed by atoms with Crippen LogP contribution >= 0.6 is 0 Å². The zero-order valence-corrected chi connectivity index (χ0v) is 13.3. The molecule has 1 aromatic carbocycles. The predicted octanol–water partition coefficient (Wildman–Crippen LogP) is 1.94. The molecule has 0 saturated heterocycles. The highest BCUT2D eigenvalue weighted by Crippen LogP contribution is 2.18. The molecular weight excluding hydrogens is 266 g/mol. The zero-order valence-electron chi connectivity index (χ0n) is 13.3. The molecule has 21 heavy (non-hydrogen) atoms. The Morgan fingerprint density at radius 2 is 2.19 bits per heavy atom. The largest absolute Gasteiger partial charge is 0.492 e. The van der Waals surface area contributed by atoms with Crippen molar-refractivity contribution in [3.63, 3.8) is 0 Å². The van der Waals surface area contributed by atoms with Gasteiger partial charge in [-0.25, -0.2) is 0 Å². The molecule has 0 bridgehead atoms. The van der Waals surface area contributed by atoms with E-state index in [0.717, 1.165) is 24.4 Å². The topological polar surface area (TPSA) is 67.6 Å². The third kappa shape index (κ3) is 7.11. The Labute approximate surface area is 127 Å². The van der Waals surface area contributed by atoms with Crippen molar-refractivity contribution >= 4 is 11.6 Å². The Hall–Kier alpha value is -1.59. The smallest absolute Gasteiger partial charge is 0.224 e. The lowest BCUT2D eigenvalue weighted by atomic mass is 10.0. The maximum atomic E-state index is 11.9. The fourth-order valence-corrected chi connectivity index (χ4v) is 1.88. The number of ether oxygens (including phenoxy) is 1. The summed E-state index contributed by atoms with van der Waals surface area (Å²) in [5.74, 6) is 1.00. The summed E-state index contributed by atoms with van der Waals surface area (Å²) in [7, 11) is 4.00. The average molecular weight is 293 g/mol. The van der Waals surface area contributed by atoms with Gasteiger partial charge in [0.2, 0.25) is 5.91 Å². The van der Waals surface area contributed by atoms with Crippen molar-refractivity contribution in [1.82, 2.24) is 4.90 Å². The standard InChI is InChI=1S/C16H27N3O2/c1-4-13(12-17)10-16(20)18-14-6-5-7-15(11-14)21-9-8-19(2)3/h5-7,11,13H,4,8-10,12,17H2,1-3H3,(H,18,20). The van der Waals surface area contributed by atoms with Crippen LogP contribution in [0.5, 0.6) is 5.75 Å². The second kappa shape index (κ2) is 9.37. The van der Waals surface area contributed by atoms with Crippen LogP contribution in [0.15, 0.2) is 24.3 Å². The molecule has 0 saturated carbocycles. The first-order valence-corrected chi connectivity index (χ1v) is 7.42. The van der Waals surface area contributed by atoms with Gasteiger partial charge in [-0.05, 0) is 38.7 Å². The van der Waals surface area contributed by atoms with Crippen LogP contribution in [0.3, 0.4) is 0 Å². The van der Waals surface area contributed by atoms with Crippen LogP contribution in [0, 0.1) is 5.92 Å². The van der Waals surface area contributed by atoms with Crippen LogP contribution in [0.1, 0.15) is 19.8 Å². The van der Waals surface area contributed by atoms with Crippen LogP contribution < -0.4 is 15.8 Å². The number of nitrogens with zero attached hydrogens (tertiary/aromatic N) is 1. The minimum atomic E-state index is -0.00209. The maximum Gasteiger partial charge on any atom is 0.224 e. The molecule has 1 unspecified atom stereocenters. The van der Waals surface area contributed by atoms with Gasteiger partial charge in [0.25, 0.3) is 0 Å². The number of nitrogens with two attached hydrogens (primary N) is 1. The average Bonchev–Trinajstić information content (AvgIpc) is 2.44. The molecule has 0 aliphatic carbocycles. The van der Waals surface area contributed by atoms with Gasteiger partial charge in [-0.3, -0.25) is 4.79 Å². The van der Waals surface area contributed by atoms with Crippen LogP contribution in [0.25, 0.3) is 0 Å². The molecule has 5 nitrogen and oxygen atoms in total. The number of anilines is 1. The van der Waals surface area contributed by atoms with E-state index in [2.05, 4.69) is 10.2 Å². The van der Waals surface area contributed by atoms with Crippen molar-refractivity contribution in [2.24, 2.45) is 11.7 Å². The molecule has 0 fully saturated rings. The number of hydrogen-bond acceptors (Lipinski definition) is 4. The summed E-state index contributed by atoms with van der Waals surface area (Å²) in [4.78, 5) is 14.0. The van der Waals surface area contributed by atoms with Gasteiger partial charge >= 0.3 is 0 Å². The number of amides is 1. The minimum absolute atomic E-state index is 0.00209. The van der Waals surface area contributed by atoms with E-state index in [1.807, 2.05) is 45.3 Å². The predicted molar refractivity (Wildman–Crippen MR) is 86.6 cm³/mol. The second-order valence-electron chi connectivity index (χ2n) is 5.44. The van der Waals surface area contributed by atoms with Crippen molar-refractivity contribution in [3.8, 4) is 5.75 Å². The Kier molecular flexibility index (Phi) is 7.79. The molecule has 0 heterocycles. The van der Waals surface area contributed by atoms with E-state index in [0.29, 0.717) is 19.6 Å². The molecule has 0 spiro atoms. The van der Waals surface area contributed by atoms with Crippen molar-refractivity contribution in [2.45, 2.75) is 19.8 Å². The van der Waals surface area contributed by atoms with Gasteiger partial charge in [0.05, 0.1) is 0 Å². The fraction of sp³-hybridized carbons (Fsp3) is 0.562. The summed E-state index contributed by atoms with van der Waals surface area (Å²) in [5, 5.41) is 2.90. The molecule has 0 radical (unpaired) electrons. The molecular formula is C16H27N3O2. The lowest BCUT2D eigenvalue weighted by molar-refractivity contribution is -0.117. The Balaban J connectivity index is 2.50. The van der Waals surface area contributed by atoms with Crippen molar-refractivity contribution in [2.75, 3.05) is 39.1 Å². The number of carbonyl (C=O) groups is 1. The molecule has 1 aromatic rings. The molecule has 3 N–H and O–H groups in total. The highest BCUT2D eigenvalue weighted by Gasteiger charge is 2.10. The first kappa shape index (κ1) is 17.5. The molecule has 1 amide bonds. The quantitative estimate of drug-likeness (QED) is 0.730. The first-order valence-electron chi connectivity index (χ1n) is 7.42. The van der Waals surface area contributed by atoms with E-state index in [1.165, 1.54) is 0 Å². The fourth-order valence-electron chi connectivity index (χ4n) is 1.88. The minimum Gasteiger partial charge on any atom is -0.492 e. The number of rotatable bonds is 9. The molecule has 1 atom stereocenters. The van der Waals surface area contributed by atoms with Gasteiger partial charge < -0.3 is 20.7 Å². The Morgan fingerprint density at radius 1 is 1.43 bits per heavy atom. The molecule has 5 heteroatoms. The lowest BCUT2D eigenvalue weighted by Gasteiger charge is -2.13. The van der Waals surface area contributed by atoms with Crippen molar-refractivity contribution in [1.29, 1.82) is 0 Å². The number of benzene rings is 1. The summed E-state index contributed by atoms with van der Waals surface area (Å²) in [5.41, 5.74) is 6.38. The Bertz CT molecular complexity index is 431. The summed E-state index contributed by atoms with van der Waals surface area (Å²) < 4.78 is 5.65. The van der Waals surface area contributed by atoms with Gasteiger partial charge in [-0.1, -0.05) is 19.4 Å². The third-order valence-corrected chi connectivity index (χ3v) is 3.31. The van der Waals surface area contributed by atoms with E-state index in [4.69, 9.17) is 10.5 Å². The van der Waals surface area contributed by atoms with Crippen LogP contribution in [-0.4, -0.2) is 44.6 Å². The Morgan fingerprint density at radius 3 is 2.81 bits per heavy atom. The van der Waals surface area contributed by atoms with E-state index in [1.54, 1.807) is 0 Å². The van der Waals surface area contributed by atoms with Crippen molar-refractivity contribution < 1.29 is 9.53 Å². The van der Waals surface area contributed by atoms with Crippen LogP contribution in [0.2, 0.25) is 0 Å².